The molecule has 0 N–H and O–H groups in total. The Hall–Kier alpha value is -0.569. The van der Waals surface area contributed by atoms with Crippen LogP contribution >= 0.6 is 0 Å². The normalized spacial score (nSPS) is 14.4. The molecule has 2 aromatic rings. The topological polar surface area (TPSA) is 0 Å². The molecule has 4 heteroatoms. The van der Waals surface area contributed by atoms with Crippen molar-refractivity contribution in [1.82, 2.24) is 0 Å². The minimum Gasteiger partial charge on any atom is -1.00 e. The van der Waals surface area contributed by atoms with E-state index in [2.05, 4.69) is 82.4 Å². The van der Waals surface area contributed by atoms with Crippen LogP contribution in [0.2, 0.25) is 13.1 Å². The van der Waals surface area contributed by atoms with E-state index in [0.29, 0.717) is 0 Å². The predicted octanol–water partition coefficient (Wildman–Crippen LogP) is -0.283. The molecule has 2 aliphatic carbocycles. The standard InChI is InChI=1S/C22H21.C2H7Si.2ClH.Ti/c1-22(2,3)19-10-8-16(14-19)15-9-11-21-18(12-15)13-17-6-4-5-7-20(17)21;1-3-2;;;/h4-7,9-11,14H,8,13H2,1-3H3;3H,1-2H3;2*1H;/q;;;;+2/p-2. The van der Waals surface area contributed by atoms with E-state index in [1.54, 1.807) is 20.6 Å². The first-order chi connectivity index (χ1) is 12.3. The Morgan fingerprint density at radius 1 is 0.893 bits per heavy atom. The molecule has 146 valence electrons. The number of rotatable bonds is 3. The molecule has 4 rings (SSSR count). The zero-order chi connectivity index (χ0) is 18.5. The quantitative estimate of drug-likeness (QED) is 0.469. The number of halogens is 2. The fourth-order valence-corrected chi connectivity index (χ4v) is 10.1. The smallest absolute Gasteiger partial charge is 1.00 e. The molecule has 0 amide bonds. The summed E-state index contributed by atoms with van der Waals surface area (Å²) in [6.45, 7) is 11.5. The summed E-state index contributed by atoms with van der Waals surface area (Å²) < 4.78 is 1.77. The van der Waals surface area contributed by atoms with Crippen molar-refractivity contribution in [2.75, 3.05) is 0 Å². The van der Waals surface area contributed by atoms with E-state index >= 15 is 0 Å². The van der Waals surface area contributed by atoms with Gasteiger partial charge in [0.1, 0.15) is 0 Å². The molecule has 28 heavy (non-hydrogen) atoms. The molecule has 0 aromatic heterocycles. The number of allylic oxidation sites excluding steroid dienone is 4. The summed E-state index contributed by atoms with van der Waals surface area (Å²) in [4.78, 5) is 0. The van der Waals surface area contributed by atoms with Crippen molar-refractivity contribution >= 4 is 16.1 Å². The summed E-state index contributed by atoms with van der Waals surface area (Å²) in [5.41, 5.74) is 11.1. The third-order valence-corrected chi connectivity index (χ3v) is 11.3. The predicted molar refractivity (Wildman–Crippen MR) is 113 cm³/mol. The number of hydrogen-bond donors (Lipinski definition) is 0. The molecule has 0 spiro atoms. The molecular weight excluding hydrogens is 435 g/mol. The van der Waals surface area contributed by atoms with Crippen molar-refractivity contribution < 1.29 is 43.2 Å². The molecule has 0 heterocycles. The van der Waals surface area contributed by atoms with Gasteiger partial charge in [0.2, 0.25) is 0 Å². The molecule has 2 aromatic carbocycles. The van der Waals surface area contributed by atoms with E-state index in [-0.39, 0.29) is 48.6 Å². The van der Waals surface area contributed by atoms with Crippen LogP contribution in [0.4, 0.5) is 0 Å². The van der Waals surface area contributed by atoms with Gasteiger partial charge in [-0.3, -0.25) is 0 Å². The second-order valence-electron chi connectivity index (χ2n) is 8.93. The van der Waals surface area contributed by atoms with Gasteiger partial charge in [-0.05, 0) is 0 Å². The molecule has 0 atom stereocenters. The number of fused-ring (bicyclic) bond motifs is 3. The maximum Gasteiger partial charge on any atom is -1.00 e. The van der Waals surface area contributed by atoms with Crippen molar-refractivity contribution in [2.24, 2.45) is 5.41 Å². The molecule has 0 nitrogen and oxygen atoms in total. The Labute approximate surface area is 192 Å². The van der Waals surface area contributed by atoms with Gasteiger partial charge in [0, 0.05) is 0 Å². The van der Waals surface area contributed by atoms with Crippen LogP contribution in [0.15, 0.2) is 54.1 Å². The molecule has 0 fully saturated rings. The van der Waals surface area contributed by atoms with Crippen molar-refractivity contribution in [3.05, 3.63) is 70.8 Å². The number of benzene rings is 2. The van der Waals surface area contributed by atoms with Crippen LogP contribution in [0.3, 0.4) is 0 Å². The molecule has 0 saturated carbocycles. The third-order valence-electron chi connectivity index (χ3n) is 5.50. The van der Waals surface area contributed by atoms with Crippen molar-refractivity contribution in [2.45, 2.75) is 46.7 Å². The Bertz CT molecular complexity index is 936. The zero-order valence-electron chi connectivity index (χ0n) is 17.4. The Morgan fingerprint density at radius 3 is 2.21 bits per heavy atom. The summed E-state index contributed by atoms with van der Waals surface area (Å²) in [7, 11) is 0. The molecule has 0 aliphatic heterocycles. The minimum absolute atomic E-state index is 0. The molecule has 2 aliphatic rings. The molecule has 0 radical (unpaired) electrons. The van der Waals surface area contributed by atoms with E-state index in [9.17, 15) is 0 Å². The van der Waals surface area contributed by atoms with Crippen LogP contribution in [-0.4, -0.2) is 6.66 Å². The molecule has 0 unspecified atom stereocenters. The van der Waals surface area contributed by atoms with Gasteiger partial charge in [0.05, 0.1) is 0 Å². The monoisotopic (exact) mass is 462 g/mol. The van der Waals surface area contributed by atoms with Crippen LogP contribution < -0.4 is 28.7 Å². The van der Waals surface area contributed by atoms with Crippen LogP contribution in [0, 0.1) is 5.41 Å². The Morgan fingerprint density at radius 2 is 1.57 bits per heavy atom. The average molecular weight is 463 g/mol. The van der Waals surface area contributed by atoms with Gasteiger partial charge < -0.3 is 24.8 Å². The summed E-state index contributed by atoms with van der Waals surface area (Å²) >= 11 is -0.00654. The van der Waals surface area contributed by atoms with Crippen molar-refractivity contribution in [1.29, 1.82) is 0 Å². The third kappa shape index (κ3) is 4.45. The van der Waals surface area contributed by atoms with Crippen molar-refractivity contribution in [3.8, 4) is 11.1 Å². The van der Waals surface area contributed by atoms with Crippen LogP contribution in [-0.2, 0) is 24.8 Å². The van der Waals surface area contributed by atoms with Gasteiger partial charge in [0.25, 0.3) is 0 Å². The van der Waals surface area contributed by atoms with E-state index in [1.165, 1.54) is 22.3 Å². The van der Waals surface area contributed by atoms with E-state index < -0.39 is 6.66 Å². The van der Waals surface area contributed by atoms with E-state index in [0.717, 1.165) is 12.8 Å². The van der Waals surface area contributed by atoms with E-state index in [4.69, 9.17) is 0 Å². The Balaban J connectivity index is 0.00000140. The average Bonchev–Trinajstić information content (AvgIpc) is 3.19. The summed E-state index contributed by atoms with van der Waals surface area (Å²) in [6.07, 6.45) is 7.19. The second kappa shape index (κ2) is 9.06. The van der Waals surface area contributed by atoms with Crippen molar-refractivity contribution in [3.63, 3.8) is 0 Å². The maximum atomic E-state index is 2.53. The first kappa shape index (κ1) is 23.7. The van der Waals surface area contributed by atoms with Crippen LogP contribution in [0.5, 0.6) is 0 Å². The van der Waals surface area contributed by atoms with Gasteiger partial charge in [-0.25, -0.2) is 0 Å². The largest absolute Gasteiger partial charge is 1.00 e. The summed E-state index contributed by atoms with van der Waals surface area (Å²) in [5.74, 6) is 0. The van der Waals surface area contributed by atoms with E-state index in [1.807, 2.05) is 0 Å². The second-order valence-corrected chi connectivity index (χ2v) is 19.1. The van der Waals surface area contributed by atoms with Gasteiger partial charge in [-0.1, -0.05) is 0 Å². The number of hydrogen-bond acceptors (Lipinski definition) is 0. The maximum absolute atomic E-state index is 2.53. The van der Waals surface area contributed by atoms with Crippen LogP contribution in [0.25, 0.3) is 16.7 Å². The molecule has 0 bridgehead atoms. The minimum atomic E-state index is -0.569. The summed E-state index contributed by atoms with van der Waals surface area (Å²) in [5, 5.41) is 0. The zero-order valence-corrected chi connectivity index (χ0v) is 21.6. The van der Waals surface area contributed by atoms with Gasteiger partial charge >= 0.3 is 169 Å². The summed E-state index contributed by atoms with van der Waals surface area (Å²) in [6, 6.07) is 13.9. The fraction of sp³-hybridized carbons (Fsp3) is 0.333. The van der Waals surface area contributed by atoms with Gasteiger partial charge in [0.15, 0.2) is 0 Å². The first-order valence-electron chi connectivity index (χ1n) is 9.77. The van der Waals surface area contributed by atoms with Gasteiger partial charge in [-0.2, -0.15) is 0 Å². The molecule has 0 saturated heterocycles. The Kier molecular flexibility index (Phi) is 7.67. The fourth-order valence-electron chi connectivity index (χ4n) is 4.17. The van der Waals surface area contributed by atoms with Crippen LogP contribution in [0.1, 0.15) is 43.9 Å². The first-order valence-corrected chi connectivity index (χ1v) is 16.1. The van der Waals surface area contributed by atoms with Gasteiger partial charge in [-0.15, -0.1) is 0 Å². The molecular formula is C24H28Cl2SiTi. The SMILES string of the molecule is C[SiH](C)[Ti+2][c]1c(C2=CC(C(C)(C)C)=CC2)ccc2c1Cc1ccccc1-2.[Cl-].[Cl-].